The summed E-state index contributed by atoms with van der Waals surface area (Å²) in [6, 6.07) is 5.10. The fraction of sp³-hybridized carbons (Fsp3) is 0.556. The van der Waals surface area contributed by atoms with E-state index in [2.05, 4.69) is 5.32 Å². The lowest BCUT2D eigenvalue weighted by Crippen LogP contribution is -2.55. The molecule has 0 aliphatic carbocycles. The molecule has 0 radical (unpaired) electrons. The van der Waals surface area contributed by atoms with Gasteiger partial charge in [0.1, 0.15) is 11.3 Å². The first kappa shape index (κ1) is 19.5. The van der Waals surface area contributed by atoms with Crippen LogP contribution >= 0.6 is 11.6 Å². The molecule has 0 aromatic heterocycles. The summed E-state index contributed by atoms with van der Waals surface area (Å²) in [7, 11) is 1.53. The highest BCUT2D eigenvalue weighted by Crippen LogP contribution is 2.38. The van der Waals surface area contributed by atoms with Crippen LogP contribution in [0.4, 0.5) is 5.69 Å². The topological polar surface area (TPSA) is 67.9 Å². The van der Waals surface area contributed by atoms with Crippen LogP contribution in [0.5, 0.6) is 5.75 Å². The summed E-state index contributed by atoms with van der Waals surface area (Å²) in [5.41, 5.74) is -0.332. The number of methoxy groups -OCH3 is 1. The third kappa shape index (κ3) is 4.25. The standard InChI is InChI=1S/C18H25ClN2O4/c1-4-25-11-5-10-20-17(23)18(2)9-8-16(22)21(18)13-6-7-15(24-3)14(19)12-13/h6-7,12H,4-5,8-11H2,1-3H3,(H,20,23)/t18-/m0/s1. The lowest BCUT2D eigenvalue weighted by molar-refractivity contribution is -0.127. The van der Waals surface area contributed by atoms with Gasteiger partial charge in [0, 0.05) is 31.9 Å². The molecular formula is C18H25ClN2O4. The average molecular weight is 369 g/mol. The van der Waals surface area contributed by atoms with Crippen molar-refractivity contribution in [3.8, 4) is 5.75 Å². The Bertz CT molecular complexity index is 638. The Kier molecular flexibility index (Phi) is 6.67. The zero-order valence-electron chi connectivity index (χ0n) is 14.9. The number of nitrogens with one attached hydrogen (secondary N) is 1. The van der Waals surface area contributed by atoms with Crippen molar-refractivity contribution in [1.29, 1.82) is 0 Å². The van der Waals surface area contributed by atoms with Crippen LogP contribution in [0.2, 0.25) is 5.02 Å². The zero-order valence-corrected chi connectivity index (χ0v) is 15.7. The van der Waals surface area contributed by atoms with Gasteiger partial charge in [-0.15, -0.1) is 0 Å². The summed E-state index contributed by atoms with van der Waals surface area (Å²) in [5.74, 6) is 0.272. The van der Waals surface area contributed by atoms with Crippen molar-refractivity contribution in [2.45, 2.75) is 38.6 Å². The normalized spacial score (nSPS) is 20.0. The second kappa shape index (κ2) is 8.54. The van der Waals surface area contributed by atoms with E-state index in [4.69, 9.17) is 21.1 Å². The van der Waals surface area contributed by atoms with E-state index in [9.17, 15) is 9.59 Å². The van der Waals surface area contributed by atoms with Gasteiger partial charge in [-0.1, -0.05) is 11.6 Å². The van der Waals surface area contributed by atoms with Gasteiger partial charge in [0.15, 0.2) is 0 Å². The fourth-order valence-corrected chi connectivity index (χ4v) is 3.25. The summed E-state index contributed by atoms with van der Waals surface area (Å²) in [6.45, 7) is 5.49. The largest absolute Gasteiger partial charge is 0.495 e. The molecule has 1 aromatic carbocycles. The maximum Gasteiger partial charge on any atom is 0.246 e. The Morgan fingerprint density at radius 2 is 2.20 bits per heavy atom. The van der Waals surface area contributed by atoms with Gasteiger partial charge in [-0.3, -0.25) is 14.5 Å². The number of ether oxygens (including phenoxy) is 2. The minimum Gasteiger partial charge on any atom is -0.495 e. The minimum absolute atomic E-state index is 0.0896. The number of amides is 2. The summed E-state index contributed by atoms with van der Waals surface area (Å²) < 4.78 is 10.4. The van der Waals surface area contributed by atoms with Crippen LogP contribution < -0.4 is 15.0 Å². The highest BCUT2D eigenvalue weighted by atomic mass is 35.5. The van der Waals surface area contributed by atoms with Crippen LogP contribution in [0.25, 0.3) is 0 Å². The van der Waals surface area contributed by atoms with Crippen molar-refractivity contribution in [3.63, 3.8) is 0 Å². The smallest absolute Gasteiger partial charge is 0.246 e. The minimum atomic E-state index is -0.930. The summed E-state index contributed by atoms with van der Waals surface area (Å²) in [6.07, 6.45) is 1.53. The molecule has 0 bridgehead atoms. The highest BCUT2D eigenvalue weighted by molar-refractivity contribution is 6.32. The summed E-state index contributed by atoms with van der Waals surface area (Å²) in [4.78, 5) is 26.7. The van der Waals surface area contributed by atoms with E-state index in [1.807, 2.05) is 6.92 Å². The van der Waals surface area contributed by atoms with Gasteiger partial charge in [-0.2, -0.15) is 0 Å². The first-order valence-electron chi connectivity index (χ1n) is 8.46. The predicted octanol–water partition coefficient (Wildman–Crippen LogP) is 2.78. The van der Waals surface area contributed by atoms with E-state index >= 15 is 0 Å². The van der Waals surface area contributed by atoms with Gasteiger partial charge in [-0.25, -0.2) is 0 Å². The van der Waals surface area contributed by atoms with Crippen molar-refractivity contribution >= 4 is 29.1 Å². The Morgan fingerprint density at radius 1 is 1.44 bits per heavy atom. The molecule has 25 heavy (non-hydrogen) atoms. The second-order valence-corrected chi connectivity index (χ2v) is 6.54. The van der Waals surface area contributed by atoms with E-state index in [1.165, 1.54) is 12.0 Å². The molecule has 6 nitrogen and oxygen atoms in total. The molecule has 2 amide bonds. The zero-order chi connectivity index (χ0) is 18.4. The van der Waals surface area contributed by atoms with Gasteiger partial charge >= 0.3 is 0 Å². The summed E-state index contributed by atoms with van der Waals surface area (Å²) >= 11 is 6.18. The fourth-order valence-electron chi connectivity index (χ4n) is 3.00. The molecule has 1 saturated heterocycles. The maximum absolute atomic E-state index is 12.7. The van der Waals surface area contributed by atoms with Crippen LogP contribution in [0.1, 0.15) is 33.1 Å². The van der Waals surface area contributed by atoms with Gasteiger partial charge < -0.3 is 14.8 Å². The Balaban J connectivity index is 2.14. The number of nitrogens with zero attached hydrogens (tertiary/aromatic N) is 1. The monoisotopic (exact) mass is 368 g/mol. The van der Waals surface area contributed by atoms with Gasteiger partial charge in [0.25, 0.3) is 0 Å². The molecule has 1 aromatic rings. The van der Waals surface area contributed by atoms with Gasteiger partial charge in [0.05, 0.1) is 12.1 Å². The highest BCUT2D eigenvalue weighted by Gasteiger charge is 2.48. The second-order valence-electron chi connectivity index (χ2n) is 6.13. The molecule has 0 spiro atoms. The lowest BCUT2D eigenvalue weighted by Gasteiger charge is -2.34. The number of carbonyl (C=O) groups excluding carboxylic acids is 2. The number of anilines is 1. The maximum atomic E-state index is 12.7. The molecule has 1 heterocycles. The molecule has 1 N–H and O–H groups in total. The number of rotatable bonds is 8. The lowest BCUT2D eigenvalue weighted by atomic mass is 9.97. The molecule has 1 atom stereocenters. The third-order valence-electron chi connectivity index (χ3n) is 4.41. The Morgan fingerprint density at radius 3 is 2.84 bits per heavy atom. The van der Waals surface area contributed by atoms with Gasteiger partial charge in [0.2, 0.25) is 11.8 Å². The third-order valence-corrected chi connectivity index (χ3v) is 4.70. The molecule has 0 saturated carbocycles. The van der Waals surface area contributed by atoms with Crippen molar-refractivity contribution < 1.29 is 19.1 Å². The summed E-state index contributed by atoms with van der Waals surface area (Å²) in [5, 5.41) is 3.31. The number of carbonyl (C=O) groups is 2. The van der Waals surface area contributed by atoms with Crippen molar-refractivity contribution in [3.05, 3.63) is 23.2 Å². The van der Waals surface area contributed by atoms with Crippen LogP contribution in [-0.2, 0) is 14.3 Å². The molecule has 1 fully saturated rings. The van der Waals surface area contributed by atoms with Crippen molar-refractivity contribution in [1.82, 2.24) is 5.32 Å². The van der Waals surface area contributed by atoms with Crippen molar-refractivity contribution in [2.24, 2.45) is 0 Å². The number of halogens is 1. The Hall–Kier alpha value is -1.79. The van der Waals surface area contributed by atoms with Crippen LogP contribution in [0.3, 0.4) is 0 Å². The number of benzene rings is 1. The molecule has 1 aliphatic rings. The average Bonchev–Trinajstić information content (AvgIpc) is 2.90. The first-order chi connectivity index (χ1) is 11.9. The number of hydrogen-bond donors (Lipinski definition) is 1. The molecule has 1 aliphatic heterocycles. The van der Waals surface area contributed by atoms with E-state index < -0.39 is 5.54 Å². The van der Waals surface area contributed by atoms with Gasteiger partial charge in [-0.05, 0) is 44.9 Å². The quantitative estimate of drug-likeness (QED) is 0.716. The van der Waals surface area contributed by atoms with Crippen LogP contribution in [0, 0.1) is 0 Å². The van der Waals surface area contributed by atoms with E-state index in [-0.39, 0.29) is 11.8 Å². The van der Waals surface area contributed by atoms with E-state index in [1.54, 1.807) is 25.1 Å². The van der Waals surface area contributed by atoms with Crippen LogP contribution in [0.15, 0.2) is 18.2 Å². The van der Waals surface area contributed by atoms with E-state index in [0.29, 0.717) is 49.1 Å². The molecule has 7 heteroatoms. The molecule has 0 unspecified atom stereocenters. The number of hydrogen-bond acceptors (Lipinski definition) is 4. The molecule has 2 rings (SSSR count). The Labute approximate surface area is 153 Å². The first-order valence-corrected chi connectivity index (χ1v) is 8.84. The molecular weight excluding hydrogens is 344 g/mol. The molecule has 138 valence electrons. The SMILES string of the molecule is CCOCCCNC(=O)[C@]1(C)CCC(=O)N1c1ccc(OC)c(Cl)c1. The van der Waals surface area contributed by atoms with Crippen molar-refractivity contribution in [2.75, 3.05) is 31.8 Å². The van der Waals surface area contributed by atoms with E-state index in [0.717, 1.165) is 6.42 Å². The van der Waals surface area contributed by atoms with Crippen LogP contribution in [-0.4, -0.2) is 44.2 Å². The predicted molar refractivity (Wildman–Crippen MR) is 97.2 cm³/mol.